The van der Waals surface area contributed by atoms with Crippen LogP contribution in [0.25, 0.3) is 0 Å². The van der Waals surface area contributed by atoms with Gasteiger partial charge in [-0.1, -0.05) is 0 Å². The molecule has 0 aromatic rings. The van der Waals surface area contributed by atoms with Crippen LogP contribution in [0.1, 0.15) is 0 Å². The van der Waals surface area contributed by atoms with Crippen LogP contribution < -0.4 is 5.09 Å². The quantitative estimate of drug-likeness (QED) is 0.333. The Hall–Kier alpha value is 0.460. The molecule has 8 heavy (non-hydrogen) atoms. The molecule has 0 saturated heterocycles. The minimum Gasteiger partial charge on any atom is -0.313 e. The van der Waals surface area contributed by atoms with Gasteiger partial charge in [0.15, 0.2) is 0 Å². The molecule has 0 bridgehead atoms. The van der Waals surface area contributed by atoms with Crippen LogP contribution >= 0.6 is 20.4 Å². The molecule has 3 N–H and O–H groups in total. The van der Waals surface area contributed by atoms with Crippen molar-refractivity contribution in [2.75, 3.05) is 12.3 Å². The van der Waals surface area contributed by atoms with E-state index in [1.165, 1.54) is 0 Å². The Morgan fingerprint density at radius 3 is 3.00 bits per heavy atom. The summed E-state index contributed by atoms with van der Waals surface area (Å²) in [5.74, 6) is 0.425. The lowest BCUT2D eigenvalue weighted by atomic mass is 10.8. The molecular weight excluding hydrogens is 149 g/mol. The molecule has 1 atom stereocenters. The van der Waals surface area contributed by atoms with Gasteiger partial charge in [-0.15, -0.1) is 0 Å². The predicted octanol–water partition coefficient (Wildman–Crippen LogP) is -0.401. The zero-order chi connectivity index (χ0) is 7.33. The molecule has 1 unspecified atom stereocenters. The van der Waals surface area contributed by atoms with E-state index < -0.39 is 7.75 Å². The highest BCUT2D eigenvalue weighted by atomic mass is 32.1. The predicted molar refractivity (Wildman–Crippen MR) is 33.9 cm³/mol. The van der Waals surface area contributed by atoms with E-state index >= 15 is 0 Å². The maximum absolute atomic E-state index is 10.3. The summed E-state index contributed by atoms with van der Waals surface area (Å²) in [6, 6.07) is 0. The van der Waals surface area contributed by atoms with Gasteiger partial charge in [0.1, 0.15) is 0 Å². The van der Waals surface area contributed by atoms with Gasteiger partial charge in [0, 0.05) is 12.3 Å². The molecule has 4 nitrogen and oxygen atoms in total. The Morgan fingerprint density at radius 1 is 2.00 bits per heavy atom. The molecule has 0 radical (unpaired) electrons. The van der Waals surface area contributed by atoms with E-state index in [-0.39, 0.29) is 6.54 Å². The molecule has 0 spiro atoms. The number of rotatable bonds is 4. The number of thiol groups is 1. The van der Waals surface area contributed by atoms with Gasteiger partial charge in [0.05, 0.1) is 0 Å². The third kappa shape index (κ3) is 6.46. The first-order valence-electron chi connectivity index (χ1n) is 2.37. The van der Waals surface area contributed by atoms with Crippen LogP contribution in [0.2, 0.25) is 0 Å². The maximum Gasteiger partial charge on any atom is 0.400 e. The monoisotopic (exact) mass is 159 g/mol. The molecule has 0 aliphatic heterocycles. The van der Waals surface area contributed by atoms with Crippen LogP contribution in [0.15, 0.2) is 0 Å². The molecule has 0 aliphatic rings. The average Bonchev–Trinajstić information content (AvgIpc) is 1.84. The van der Waals surface area contributed by atoms with E-state index in [9.17, 15) is 4.57 Å². The SMILES string of the molecule is [3H]OP(=O)(O)NCCS. The summed E-state index contributed by atoms with van der Waals surface area (Å²) < 4.78 is 16.4. The molecule has 50 valence electrons. The molecule has 0 aliphatic carbocycles. The fourth-order valence-electron chi connectivity index (χ4n) is 0.191. The molecule has 0 heterocycles. The minimum absolute atomic E-state index is 0.246. The highest BCUT2D eigenvalue weighted by Gasteiger charge is 2.08. The lowest BCUT2D eigenvalue weighted by Gasteiger charge is -2.01. The van der Waals surface area contributed by atoms with Crippen LogP contribution in [0.4, 0.5) is 0 Å². The van der Waals surface area contributed by atoms with E-state index in [1.54, 1.807) is 0 Å². The lowest BCUT2D eigenvalue weighted by Crippen LogP contribution is -2.11. The first kappa shape index (κ1) is 6.58. The van der Waals surface area contributed by atoms with Crippen LogP contribution in [-0.2, 0) is 4.57 Å². The van der Waals surface area contributed by atoms with Crippen LogP contribution in [0, 0.1) is 0 Å². The maximum atomic E-state index is 10.3. The Morgan fingerprint density at radius 2 is 2.62 bits per heavy atom. The Kier molecular flexibility index (Phi) is 2.86. The van der Waals surface area contributed by atoms with Gasteiger partial charge in [-0.2, -0.15) is 12.6 Å². The van der Waals surface area contributed by atoms with Gasteiger partial charge in [-0.3, -0.25) is 0 Å². The fourth-order valence-corrected chi connectivity index (χ4v) is 0.874. The number of nitrogens with one attached hydrogen (secondary N) is 1. The standard InChI is InChI=1S/C2H8NO3PS/c4-7(5,6)3-1-2-8/h8H,1-2H2,(H3,3,4,5,6)/i/hT. The van der Waals surface area contributed by atoms with Crippen molar-refractivity contribution in [3.8, 4) is 0 Å². The second-order valence-electron chi connectivity index (χ2n) is 1.15. The lowest BCUT2D eigenvalue weighted by molar-refractivity contribution is 0.359. The van der Waals surface area contributed by atoms with Crippen LogP contribution in [0.5, 0.6) is 0 Å². The first-order valence-corrected chi connectivity index (χ1v) is 4.17. The van der Waals surface area contributed by atoms with Crippen molar-refractivity contribution in [3.63, 3.8) is 0 Å². The van der Waals surface area contributed by atoms with Gasteiger partial charge in [-0.25, -0.2) is 9.65 Å². The molecular formula is C2H8NO3PS. The number of hydrogen-bond donors (Lipinski definition) is 4. The van der Waals surface area contributed by atoms with Crippen molar-refractivity contribution < 1.29 is 14.4 Å². The summed E-state index contributed by atoms with van der Waals surface area (Å²) in [6.07, 6.45) is 0. The first-order chi connectivity index (χ1) is 4.12. The Balaban J connectivity index is 3.46. The molecule has 6 heteroatoms. The average molecular weight is 159 g/mol. The molecule has 0 amide bonds. The van der Waals surface area contributed by atoms with Crippen LogP contribution in [-0.4, -0.2) is 23.5 Å². The third-order valence-electron chi connectivity index (χ3n) is 0.423. The Labute approximate surface area is 54.4 Å². The highest BCUT2D eigenvalue weighted by Crippen LogP contribution is 2.26. The van der Waals surface area contributed by atoms with E-state index in [4.69, 9.17) is 6.32 Å². The summed E-state index contributed by atoms with van der Waals surface area (Å²) in [4.78, 5) is 11.9. The van der Waals surface area contributed by atoms with Gasteiger partial charge in [0.25, 0.3) is 0 Å². The summed E-state index contributed by atoms with van der Waals surface area (Å²) in [6.45, 7) is 0.246. The smallest absolute Gasteiger partial charge is 0.313 e. The van der Waals surface area contributed by atoms with Crippen molar-refractivity contribution in [1.82, 2.24) is 5.09 Å². The summed E-state index contributed by atoms with van der Waals surface area (Å²) in [7, 11) is -3.82. The van der Waals surface area contributed by atoms with Gasteiger partial charge in [0.2, 0.25) is 1.43 Å². The third-order valence-corrected chi connectivity index (χ3v) is 1.27. The zero-order valence-corrected chi connectivity index (χ0v) is 5.86. The van der Waals surface area contributed by atoms with E-state index in [0.29, 0.717) is 5.75 Å². The molecule has 0 fully saturated rings. The normalized spacial score (nSPS) is 19.5. The van der Waals surface area contributed by atoms with Crippen molar-refractivity contribution >= 4 is 20.4 Å². The summed E-state index contributed by atoms with van der Waals surface area (Å²) in [5, 5.41) is 2.08. The van der Waals surface area contributed by atoms with Crippen molar-refractivity contribution in [3.05, 3.63) is 0 Å². The van der Waals surface area contributed by atoms with E-state index in [1.807, 2.05) is 0 Å². The van der Waals surface area contributed by atoms with Crippen molar-refractivity contribution in [1.29, 1.82) is 1.43 Å². The van der Waals surface area contributed by atoms with Crippen molar-refractivity contribution in [2.24, 2.45) is 0 Å². The summed E-state index contributed by atoms with van der Waals surface area (Å²) in [5.41, 5.74) is 0. The van der Waals surface area contributed by atoms with E-state index in [0.717, 1.165) is 0 Å². The molecule has 0 saturated carbocycles. The molecule has 0 rings (SSSR count). The minimum atomic E-state index is -3.82. The summed E-state index contributed by atoms with van der Waals surface area (Å²) >= 11 is 3.76. The molecule has 0 aromatic carbocycles. The van der Waals surface area contributed by atoms with Crippen molar-refractivity contribution in [2.45, 2.75) is 0 Å². The molecule has 0 aromatic heterocycles. The van der Waals surface area contributed by atoms with E-state index in [2.05, 4.69) is 22.6 Å². The van der Waals surface area contributed by atoms with Gasteiger partial charge in [-0.05, 0) is 0 Å². The van der Waals surface area contributed by atoms with Gasteiger partial charge < -0.3 is 9.79 Å². The second-order valence-corrected chi connectivity index (χ2v) is 2.96. The fraction of sp³-hybridized carbons (Fsp3) is 1.00. The Bertz CT molecular complexity index is 122. The highest BCUT2D eigenvalue weighted by molar-refractivity contribution is 7.80. The number of hydrogen-bond acceptors (Lipinski definition) is 3. The second kappa shape index (κ2) is 3.48. The topological polar surface area (TPSA) is 69.6 Å². The largest absolute Gasteiger partial charge is 0.400 e. The van der Waals surface area contributed by atoms with Crippen LogP contribution in [0.3, 0.4) is 0 Å². The van der Waals surface area contributed by atoms with Gasteiger partial charge >= 0.3 is 7.75 Å². The zero-order valence-electron chi connectivity index (χ0n) is 5.07.